The molecule has 0 aliphatic rings. The summed E-state index contributed by atoms with van der Waals surface area (Å²) in [5.41, 5.74) is -0.843. The van der Waals surface area contributed by atoms with Gasteiger partial charge in [0.15, 0.2) is 0 Å². The Hall–Kier alpha value is -1.22. The van der Waals surface area contributed by atoms with Crippen molar-refractivity contribution < 1.29 is 27.1 Å². The van der Waals surface area contributed by atoms with Crippen LogP contribution in [0, 0.1) is 0 Å². The number of carbonyl (C=O) groups is 1. The van der Waals surface area contributed by atoms with E-state index in [1.807, 2.05) is 0 Å². The Morgan fingerprint density at radius 3 is 2.47 bits per heavy atom. The lowest BCUT2D eigenvalue weighted by Crippen LogP contribution is -2.22. The van der Waals surface area contributed by atoms with Gasteiger partial charge < -0.3 is 5.11 Å². The summed E-state index contributed by atoms with van der Waals surface area (Å²) in [5.74, 6) is -5.06. The number of aromatic carboxylic acids is 1. The number of hydrogen-bond donors (Lipinski definition) is 2. The predicted octanol–water partition coefficient (Wildman–Crippen LogP) is 2.11. The van der Waals surface area contributed by atoms with Crippen molar-refractivity contribution in [2.24, 2.45) is 0 Å². The van der Waals surface area contributed by atoms with Gasteiger partial charge in [-0.15, -0.1) is 0 Å². The van der Waals surface area contributed by atoms with Gasteiger partial charge in [0.05, 0.1) is 11.3 Å². The van der Waals surface area contributed by atoms with Crippen LogP contribution >= 0.6 is 15.9 Å². The summed E-state index contributed by atoms with van der Waals surface area (Å²) < 4.78 is 47.9. The molecule has 0 fully saturated rings. The normalized spacial score (nSPS) is 11.5. The van der Waals surface area contributed by atoms with Crippen molar-refractivity contribution in [3.05, 3.63) is 28.2 Å². The van der Waals surface area contributed by atoms with Crippen LogP contribution in [0.4, 0.5) is 14.5 Å². The monoisotopic (exact) mass is 329 g/mol. The molecular formula is C8H6BrF2NO4S. The van der Waals surface area contributed by atoms with E-state index in [1.165, 1.54) is 10.8 Å². The molecule has 0 radical (unpaired) electrons. The Labute approximate surface area is 104 Å². The van der Waals surface area contributed by atoms with E-state index in [-0.39, 0.29) is 0 Å². The molecule has 5 nitrogen and oxygen atoms in total. The van der Waals surface area contributed by atoms with E-state index < -0.39 is 33.0 Å². The van der Waals surface area contributed by atoms with Crippen molar-refractivity contribution in [1.82, 2.24) is 0 Å². The second kappa shape index (κ2) is 4.96. The van der Waals surface area contributed by atoms with E-state index in [2.05, 4.69) is 15.9 Å². The average molecular weight is 330 g/mol. The molecule has 94 valence electrons. The highest BCUT2D eigenvalue weighted by Gasteiger charge is 2.25. The minimum atomic E-state index is -4.88. The second-order valence-corrected chi connectivity index (χ2v) is 5.47. The first-order chi connectivity index (χ1) is 7.74. The first-order valence-corrected chi connectivity index (χ1v) is 6.40. The SMILES string of the molecule is O=C(O)c1cc(Br)ccc1NS(=O)(=O)C(F)F. The van der Waals surface area contributed by atoms with E-state index >= 15 is 0 Å². The van der Waals surface area contributed by atoms with Gasteiger partial charge in [0.1, 0.15) is 0 Å². The van der Waals surface area contributed by atoms with E-state index in [0.29, 0.717) is 4.47 Å². The highest BCUT2D eigenvalue weighted by molar-refractivity contribution is 9.10. The van der Waals surface area contributed by atoms with Crippen molar-refractivity contribution in [2.75, 3.05) is 4.72 Å². The molecule has 0 aliphatic heterocycles. The molecule has 0 spiro atoms. The van der Waals surface area contributed by atoms with Gasteiger partial charge in [-0.3, -0.25) is 4.72 Å². The Bertz CT molecular complexity index is 546. The summed E-state index contributed by atoms with van der Waals surface area (Å²) in [6.07, 6.45) is 0. The van der Waals surface area contributed by atoms with Gasteiger partial charge in [-0.05, 0) is 18.2 Å². The number of rotatable bonds is 4. The molecule has 1 rings (SSSR count). The zero-order valence-corrected chi connectivity index (χ0v) is 10.4. The summed E-state index contributed by atoms with van der Waals surface area (Å²) in [6, 6.07) is 3.51. The number of nitrogens with one attached hydrogen (secondary N) is 1. The van der Waals surface area contributed by atoms with Crippen LogP contribution in [-0.4, -0.2) is 25.3 Å². The zero-order chi connectivity index (χ0) is 13.2. The summed E-state index contributed by atoms with van der Waals surface area (Å²) in [7, 11) is -4.88. The van der Waals surface area contributed by atoms with Gasteiger partial charge in [-0.25, -0.2) is 13.2 Å². The number of halogens is 3. The molecule has 1 aromatic rings. The second-order valence-electron chi connectivity index (χ2n) is 2.90. The largest absolute Gasteiger partial charge is 0.478 e. The van der Waals surface area contributed by atoms with Crippen LogP contribution in [0.5, 0.6) is 0 Å². The van der Waals surface area contributed by atoms with Gasteiger partial charge in [0, 0.05) is 4.47 Å². The Balaban J connectivity index is 3.20. The minimum Gasteiger partial charge on any atom is -0.478 e. The Kier molecular flexibility index (Phi) is 4.04. The summed E-state index contributed by atoms with van der Waals surface area (Å²) >= 11 is 2.98. The molecule has 1 aromatic carbocycles. The van der Waals surface area contributed by atoms with Crippen molar-refractivity contribution in [2.45, 2.75) is 5.76 Å². The van der Waals surface area contributed by atoms with E-state index in [9.17, 15) is 22.0 Å². The number of hydrogen-bond acceptors (Lipinski definition) is 3. The number of benzene rings is 1. The van der Waals surface area contributed by atoms with Crippen LogP contribution in [0.2, 0.25) is 0 Å². The molecule has 0 aromatic heterocycles. The van der Waals surface area contributed by atoms with Crippen molar-refractivity contribution in [1.29, 1.82) is 0 Å². The molecule has 0 amide bonds. The summed E-state index contributed by atoms with van der Waals surface area (Å²) in [5, 5.41) is 8.78. The van der Waals surface area contributed by atoms with Gasteiger partial charge in [-0.2, -0.15) is 8.78 Å². The molecule has 9 heteroatoms. The first kappa shape index (κ1) is 13.8. The third-order valence-electron chi connectivity index (χ3n) is 1.70. The maximum atomic E-state index is 12.1. The van der Waals surface area contributed by atoms with Gasteiger partial charge >= 0.3 is 11.7 Å². The fourth-order valence-electron chi connectivity index (χ4n) is 0.980. The van der Waals surface area contributed by atoms with Crippen LogP contribution in [0.1, 0.15) is 10.4 Å². The highest BCUT2D eigenvalue weighted by atomic mass is 79.9. The van der Waals surface area contributed by atoms with Crippen molar-refractivity contribution in [3.8, 4) is 0 Å². The molecule has 0 saturated heterocycles. The van der Waals surface area contributed by atoms with Crippen LogP contribution in [0.15, 0.2) is 22.7 Å². The molecule has 0 aliphatic carbocycles. The lowest BCUT2D eigenvalue weighted by molar-refractivity contribution is 0.0698. The van der Waals surface area contributed by atoms with Crippen LogP contribution in [0.3, 0.4) is 0 Å². The quantitative estimate of drug-likeness (QED) is 0.886. The van der Waals surface area contributed by atoms with Gasteiger partial charge in [0.2, 0.25) is 0 Å². The van der Waals surface area contributed by atoms with Crippen molar-refractivity contribution in [3.63, 3.8) is 0 Å². The smallest absolute Gasteiger partial charge is 0.355 e. The molecule has 17 heavy (non-hydrogen) atoms. The van der Waals surface area contributed by atoms with Gasteiger partial charge in [-0.1, -0.05) is 15.9 Å². The first-order valence-electron chi connectivity index (χ1n) is 4.06. The fraction of sp³-hybridized carbons (Fsp3) is 0.125. The molecular weight excluding hydrogens is 324 g/mol. The maximum Gasteiger partial charge on any atom is 0.355 e. The molecule has 0 saturated carbocycles. The fourth-order valence-corrected chi connectivity index (χ4v) is 1.91. The summed E-state index contributed by atoms with van der Waals surface area (Å²) in [4.78, 5) is 10.8. The van der Waals surface area contributed by atoms with E-state index in [1.54, 1.807) is 0 Å². The van der Waals surface area contributed by atoms with Crippen LogP contribution in [0.25, 0.3) is 0 Å². The number of sulfonamides is 1. The maximum absolute atomic E-state index is 12.1. The third kappa shape index (κ3) is 3.37. The number of anilines is 1. The predicted molar refractivity (Wildman–Crippen MR) is 59.6 cm³/mol. The molecule has 0 unspecified atom stereocenters. The average Bonchev–Trinajstić information content (AvgIpc) is 2.19. The van der Waals surface area contributed by atoms with Gasteiger partial charge in [0.25, 0.3) is 10.0 Å². The number of alkyl halides is 2. The van der Waals surface area contributed by atoms with Crippen LogP contribution in [-0.2, 0) is 10.0 Å². The molecule has 0 heterocycles. The minimum absolute atomic E-state index is 0.384. The van der Waals surface area contributed by atoms with E-state index in [4.69, 9.17) is 5.11 Å². The summed E-state index contributed by atoms with van der Waals surface area (Å²) in [6.45, 7) is 0. The van der Waals surface area contributed by atoms with E-state index in [0.717, 1.165) is 12.1 Å². The molecule has 2 N–H and O–H groups in total. The lowest BCUT2D eigenvalue weighted by Gasteiger charge is -2.09. The Morgan fingerprint density at radius 2 is 2.00 bits per heavy atom. The highest BCUT2D eigenvalue weighted by Crippen LogP contribution is 2.23. The van der Waals surface area contributed by atoms with Crippen molar-refractivity contribution >= 4 is 37.6 Å². The lowest BCUT2D eigenvalue weighted by atomic mass is 10.2. The zero-order valence-electron chi connectivity index (χ0n) is 8.02. The standard InChI is InChI=1S/C8H6BrF2NO4S/c9-4-1-2-6(5(3-4)7(13)14)12-17(15,16)8(10)11/h1-3,8,12H,(H,13,14). The molecule has 0 atom stereocenters. The third-order valence-corrected chi connectivity index (χ3v) is 3.17. The Morgan fingerprint density at radius 1 is 1.41 bits per heavy atom. The topological polar surface area (TPSA) is 83.5 Å². The number of carboxylic acids is 1. The number of carboxylic acid groups (broad SMARTS) is 1. The van der Waals surface area contributed by atoms with Crippen LogP contribution < -0.4 is 4.72 Å². The molecule has 0 bridgehead atoms.